The van der Waals surface area contributed by atoms with Crippen molar-refractivity contribution in [2.75, 3.05) is 19.6 Å². The highest BCUT2D eigenvalue weighted by Crippen LogP contribution is 2.23. The van der Waals surface area contributed by atoms with E-state index in [0.717, 1.165) is 45.3 Å². The highest BCUT2D eigenvalue weighted by molar-refractivity contribution is 5.84. The van der Waals surface area contributed by atoms with Crippen LogP contribution >= 0.6 is 0 Å². The van der Waals surface area contributed by atoms with E-state index < -0.39 is 5.54 Å². The standard InChI is InChI=1S/C13H27N3O/c1-4-8-15-13(12(14)17)6-5-9-16(10-7-13)11(2)3/h11,15H,4-10H2,1-3H3,(H2,14,17). The third-order valence-electron chi connectivity index (χ3n) is 3.79. The Kier molecular flexibility index (Phi) is 5.40. The van der Waals surface area contributed by atoms with Crippen molar-refractivity contribution in [1.29, 1.82) is 0 Å². The first-order chi connectivity index (χ1) is 8.02. The van der Waals surface area contributed by atoms with Gasteiger partial charge in [0.1, 0.15) is 0 Å². The molecule has 3 N–H and O–H groups in total. The van der Waals surface area contributed by atoms with Gasteiger partial charge in [-0.15, -0.1) is 0 Å². The fraction of sp³-hybridized carbons (Fsp3) is 0.923. The zero-order chi connectivity index (χ0) is 12.9. The highest BCUT2D eigenvalue weighted by atomic mass is 16.1. The summed E-state index contributed by atoms with van der Waals surface area (Å²) in [6.45, 7) is 9.41. The molecule has 0 aromatic rings. The van der Waals surface area contributed by atoms with E-state index in [1.165, 1.54) is 0 Å². The predicted octanol–water partition coefficient (Wildman–Crippen LogP) is 1.10. The van der Waals surface area contributed by atoms with Crippen molar-refractivity contribution in [3.05, 3.63) is 0 Å². The molecule has 0 saturated carbocycles. The molecule has 1 atom stereocenters. The first-order valence-electron chi connectivity index (χ1n) is 6.81. The van der Waals surface area contributed by atoms with Gasteiger partial charge in [-0.3, -0.25) is 4.79 Å². The van der Waals surface area contributed by atoms with Gasteiger partial charge in [0.25, 0.3) is 0 Å². The number of likely N-dealkylation sites (tertiary alicyclic amines) is 1. The van der Waals surface area contributed by atoms with E-state index in [1.54, 1.807) is 0 Å². The van der Waals surface area contributed by atoms with E-state index in [1.807, 2.05) is 0 Å². The maximum absolute atomic E-state index is 11.8. The fourth-order valence-electron chi connectivity index (χ4n) is 2.55. The lowest BCUT2D eigenvalue weighted by Crippen LogP contribution is -2.56. The van der Waals surface area contributed by atoms with Gasteiger partial charge < -0.3 is 16.0 Å². The molecular weight excluding hydrogens is 214 g/mol. The molecular formula is C13H27N3O. The number of nitrogens with zero attached hydrogens (tertiary/aromatic N) is 1. The number of carbonyl (C=O) groups is 1. The first kappa shape index (κ1) is 14.5. The van der Waals surface area contributed by atoms with Gasteiger partial charge in [0.05, 0.1) is 5.54 Å². The monoisotopic (exact) mass is 241 g/mol. The van der Waals surface area contributed by atoms with Crippen LogP contribution in [-0.2, 0) is 4.79 Å². The van der Waals surface area contributed by atoms with Gasteiger partial charge in [-0.25, -0.2) is 0 Å². The van der Waals surface area contributed by atoms with E-state index in [4.69, 9.17) is 5.73 Å². The smallest absolute Gasteiger partial charge is 0.237 e. The zero-order valence-electron chi connectivity index (χ0n) is 11.5. The van der Waals surface area contributed by atoms with Gasteiger partial charge >= 0.3 is 0 Å². The Labute approximate surface area is 105 Å². The van der Waals surface area contributed by atoms with Gasteiger partial charge in [-0.2, -0.15) is 0 Å². The topological polar surface area (TPSA) is 58.4 Å². The molecule has 0 spiro atoms. The van der Waals surface area contributed by atoms with Crippen LogP contribution < -0.4 is 11.1 Å². The van der Waals surface area contributed by atoms with E-state index in [9.17, 15) is 4.79 Å². The Morgan fingerprint density at radius 1 is 1.41 bits per heavy atom. The number of amides is 1. The molecule has 1 saturated heterocycles. The molecule has 1 heterocycles. The van der Waals surface area contributed by atoms with E-state index in [2.05, 4.69) is 31.0 Å². The molecule has 1 rings (SSSR count). The largest absolute Gasteiger partial charge is 0.368 e. The Hall–Kier alpha value is -0.610. The molecule has 1 unspecified atom stereocenters. The van der Waals surface area contributed by atoms with Crippen LogP contribution in [0.4, 0.5) is 0 Å². The SMILES string of the molecule is CCCNC1(C(N)=O)CCCN(C(C)C)CC1. The third kappa shape index (κ3) is 3.68. The summed E-state index contributed by atoms with van der Waals surface area (Å²) >= 11 is 0. The van der Waals surface area contributed by atoms with Crippen LogP contribution in [0.3, 0.4) is 0 Å². The summed E-state index contributed by atoms with van der Waals surface area (Å²) in [5, 5.41) is 3.38. The van der Waals surface area contributed by atoms with Crippen molar-refractivity contribution in [3.8, 4) is 0 Å². The van der Waals surface area contributed by atoms with Crippen LogP contribution in [0, 0.1) is 0 Å². The summed E-state index contributed by atoms with van der Waals surface area (Å²) in [5.41, 5.74) is 5.14. The molecule has 1 fully saturated rings. The molecule has 0 aromatic carbocycles. The lowest BCUT2D eigenvalue weighted by atomic mass is 9.89. The lowest BCUT2D eigenvalue weighted by molar-refractivity contribution is -0.125. The minimum Gasteiger partial charge on any atom is -0.368 e. The average molecular weight is 241 g/mol. The van der Waals surface area contributed by atoms with Crippen LogP contribution in [0.15, 0.2) is 0 Å². The van der Waals surface area contributed by atoms with Crippen LogP contribution in [0.5, 0.6) is 0 Å². The van der Waals surface area contributed by atoms with Crippen molar-refractivity contribution in [2.45, 2.75) is 58.0 Å². The lowest BCUT2D eigenvalue weighted by Gasteiger charge is -2.31. The van der Waals surface area contributed by atoms with Crippen molar-refractivity contribution < 1.29 is 4.79 Å². The number of carbonyl (C=O) groups excluding carboxylic acids is 1. The molecule has 0 aliphatic carbocycles. The van der Waals surface area contributed by atoms with Crippen LogP contribution in [0.2, 0.25) is 0 Å². The van der Waals surface area contributed by atoms with Crippen molar-refractivity contribution in [3.63, 3.8) is 0 Å². The molecule has 1 amide bonds. The number of rotatable bonds is 5. The van der Waals surface area contributed by atoms with Gasteiger partial charge in [-0.1, -0.05) is 6.92 Å². The molecule has 100 valence electrons. The number of nitrogens with two attached hydrogens (primary N) is 1. The second-order valence-electron chi connectivity index (χ2n) is 5.36. The van der Waals surface area contributed by atoms with Gasteiger partial charge in [0.15, 0.2) is 0 Å². The molecule has 0 aromatic heterocycles. The van der Waals surface area contributed by atoms with Crippen molar-refractivity contribution in [2.24, 2.45) is 5.73 Å². The molecule has 1 aliphatic heterocycles. The van der Waals surface area contributed by atoms with Gasteiger partial charge in [-0.05, 0) is 52.6 Å². The first-order valence-corrected chi connectivity index (χ1v) is 6.81. The predicted molar refractivity (Wildman–Crippen MR) is 70.8 cm³/mol. The minimum atomic E-state index is -0.473. The van der Waals surface area contributed by atoms with E-state index in [0.29, 0.717) is 6.04 Å². The molecule has 17 heavy (non-hydrogen) atoms. The second kappa shape index (κ2) is 6.36. The van der Waals surface area contributed by atoms with Crippen molar-refractivity contribution in [1.82, 2.24) is 10.2 Å². The Morgan fingerprint density at radius 2 is 2.12 bits per heavy atom. The number of primary amides is 1. The molecule has 0 bridgehead atoms. The van der Waals surface area contributed by atoms with E-state index in [-0.39, 0.29) is 5.91 Å². The Bertz CT molecular complexity index is 255. The summed E-state index contributed by atoms with van der Waals surface area (Å²) in [5.74, 6) is -0.184. The molecule has 4 nitrogen and oxygen atoms in total. The van der Waals surface area contributed by atoms with Crippen LogP contribution in [0.1, 0.15) is 46.5 Å². The summed E-state index contributed by atoms with van der Waals surface area (Å²) in [7, 11) is 0. The Morgan fingerprint density at radius 3 is 2.65 bits per heavy atom. The Balaban J connectivity index is 2.69. The van der Waals surface area contributed by atoms with Crippen molar-refractivity contribution >= 4 is 5.91 Å². The normalized spacial score (nSPS) is 27.1. The average Bonchev–Trinajstić information content (AvgIpc) is 2.49. The van der Waals surface area contributed by atoms with Crippen LogP contribution in [0.25, 0.3) is 0 Å². The fourth-order valence-corrected chi connectivity index (χ4v) is 2.55. The summed E-state index contributed by atoms with van der Waals surface area (Å²) < 4.78 is 0. The minimum absolute atomic E-state index is 0.184. The number of hydrogen-bond acceptors (Lipinski definition) is 3. The molecule has 0 radical (unpaired) electrons. The number of hydrogen-bond donors (Lipinski definition) is 2. The quantitative estimate of drug-likeness (QED) is 0.758. The maximum atomic E-state index is 11.8. The summed E-state index contributed by atoms with van der Waals surface area (Å²) in [6.07, 6.45) is 3.77. The summed E-state index contributed by atoms with van der Waals surface area (Å²) in [4.78, 5) is 14.2. The van der Waals surface area contributed by atoms with Gasteiger partial charge in [0.2, 0.25) is 5.91 Å². The molecule has 1 aliphatic rings. The summed E-state index contributed by atoms with van der Waals surface area (Å²) in [6, 6.07) is 0.546. The maximum Gasteiger partial charge on any atom is 0.237 e. The van der Waals surface area contributed by atoms with Crippen LogP contribution in [-0.4, -0.2) is 42.0 Å². The third-order valence-corrected chi connectivity index (χ3v) is 3.79. The zero-order valence-corrected chi connectivity index (χ0v) is 11.5. The second-order valence-corrected chi connectivity index (χ2v) is 5.36. The number of nitrogens with one attached hydrogen (secondary N) is 1. The molecule has 4 heteroatoms. The van der Waals surface area contributed by atoms with Gasteiger partial charge in [0, 0.05) is 12.6 Å². The highest BCUT2D eigenvalue weighted by Gasteiger charge is 2.37. The van der Waals surface area contributed by atoms with E-state index >= 15 is 0 Å².